The summed E-state index contributed by atoms with van der Waals surface area (Å²) in [6.07, 6.45) is 4.86. The summed E-state index contributed by atoms with van der Waals surface area (Å²) < 4.78 is 1.83. The zero-order valence-electron chi connectivity index (χ0n) is 8.47. The lowest BCUT2D eigenvalue weighted by atomic mass is 10.3. The lowest BCUT2D eigenvalue weighted by molar-refractivity contribution is -0.131. The largest absolute Gasteiger partial charge is 0.475 e. The van der Waals surface area contributed by atoms with Crippen LogP contribution in [0.3, 0.4) is 0 Å². The fourth-order valence-electron chi connectivity index (χ4n) is 1.34. The molecule has 2 N–H and O–H groups in total. The monoisotopic (exact) mass is 219 g/mol. The van der Waals surface area contributed by atoms with E-state index in [1.165, 1.54) is 6.20 Å². The van der Waals surface area contributed by atoms with Crippen molar-refractivity contribution in [1.29, 1.82) is 0 Å². The molecular formula is C10H9N3O3. The minimum absolute atomic E-state index is 0.0219. The quantitative estimate of drug-likeness (QED) is 0.587. The van der Waals surface area contributed by atoms with E-state index >= 15 is 0 Å². The Bertz CT molecular complexity index is 553. The molecule has 0 saturated carbocycles. The zero-order chi connectivity index (χ0) is 11.7. The number of carbonyl (C=O) groups is 2. The third-order valence-corrected chi connectivity index (χ3v) is 2.12. The Morgan fingerprint density at radius 1 is 1.50 bits per heavy atom. The van der Waals surface area contributed by atoms with Gasteiger partial charge in [-0.3, -0.25) is 4.79 Å². The van der Waals surface area contributed by atoms with Crippen molar-refractivity contribution in [2.75, 3.05) is 0 Å². The van der Waals surface area contributed by atoms with Crippen molar-refractivity contribution in [3.63, 3.8) is 0 Å². The number of hydrogen-bond acceptors (Lipinski definition) is 3. The van der Waals surface area contributed by atoms with Crippen molar-refractivity contribution in [3.05, 3.63) is 30.4 Å². The zero-order valence-corrected chi connectivity index (χ0v) is 8.47. The third kappa shape index (κ3) is 1.72. The van der Waals surface area contributed by atoms with E-state index in [1.54, 1.807) is 0 Å². The van der Waals surface area contributed by atoms with E-state index < -0.39 is 11.8 Å². The molecule has 0 atom stereocenters. The summed E-state index contributed by atoms with van der Waals surface area (Å²) in [5, 5.41) is 8.52. The second kappa shape index (κ2) is 3.65. The number of aromatic nitrogens is 3. The molecule has 0 spiro atoms. The summed E-state index contributed by atoms with van der Waals surface area (Å²) in [7, 11) is 1.86. The van der Waals surface area contributed by atoms with Crippen LogP contribution in [0.2, 0.25) is 0 Å². The summed E-state index contributed by atoms with van der Waals surface area (Å²) in [5.41, 5.74) is 0.776. The molecule has 0 bridgehead atoms. The highest BCUT2D eigenvalue weighted by atomic mass is 16.4. The van der Waals surface area contributed by atoms with Gasteiger partial charge in [-0.1, -0.05) is 0 Å². The number of carboxylic acids is 1. The predicted octanol–water partition coefficient (Wildman–Crippen LogP) is 0.682. The number of Topliss-reactive ketones (excluding diaryl/α,β-unsaturated/α-hetero) is 1. The molecule has 2 heterocycles. The molecule has 0 aliphatic heterocycles. The Morgan fingerprint density at radius 2 is 2.25 bits per heavy atom. The number of nitrogens with zero attached hydrogens (tertiary/aromatic N) is 2. The number of aromatic amines is 1. The smallest absolute Gasteiger partial charge is 0.378 e. The number of aliphatic carboxylic acids is 1. The molecule has 6 heteroatoms. The highest BCUT2D eigenvalue weighted by Crippen LogP contribution is 2.15. The fourth-order valence-corrected chi connectivity index (χ4v) is 1.34. The maximum Gasteiger partial charge on any atom is 0.378 e. The number of carbonyl (C=O) groups excluding carboxylic acids is 1. The van der Waals surface area contributed by atoms with Gasteiger partial charge in [0.25, 0.3) is 5.78 Å². The summed E-state index contributed by atoms with van der Waals surface area (Å²) in [6.45, 7) is 0. The van der Waals surface area contributed by atoms with E-state index in [1.807, 2.05) is 30.1 Å². The summed E-state index contributed by atoms with van der Waals surface area (Å²) in [6, 6.07) is 1.81. The number of hydrogen-bond donors (Lipinski definition) is 2. The van der Waals surface area contributed by atoms with E-state index in [2.05, 4.69) is 9.97 Å². The molecule has 0 amide bonds. The average Bonchev–Trinajstić information content (AvgIpc) is 2.84. The van der Waals surface area contributed by atoms with Gasteiger partial charge in [0.05, 0.1) is 6.20 Å². The van der Waals surface area contributed by atoms with Gasteiger partial charge in [-0.05, 0) is 6.07 Å². The minimum atomic E-state index is -1.50. The summed E-state index contributed by atoms with van der Waals surface area (Å²) >= 11 is 0. The number of carboxylic acid groups (broad SMARTS) is 1. The molecule has 16 heavy (non-hydrogen) atoms. The molecule has 0 aromatic carbocycles. The highest BCUT2D eigenvalue weighted by molar-refractivity contribution is 6.39. The maximum atomic E-state index is 11.1. The molecule has 2 aromatic heterocycles. The van der Waals surface area contributed by atoms with Crippen molar-refractivity contribution in [3.8, 4) is 11.4 Å². The number of nitrogens with one attached hydrogen (secondary N) is 1. The van der Waals surface area contributed by atoms with Gasteiger partial charge in [0.2, 0.25) is 0 Å². The number of ketones is 1. The van der Waals surface area contributed by atoms with Crippen molar-refractivity contribution in [2.45, 2.75) is 0 Å². The third-order valence-electron chi connectivity index (χ3n) is 2.12. The van der Waals surface area contributed by atoms with E-state index in [0.29, 0.717) is 5.82 Å². The molecule has 0 unspecified atom stereocenters. The van der Waals surface area contributed by atoms with Crippen LogP contribution in [0, 0.1) is 0 Å². The van der Waals surface area contributed by atoms with Gasteiger partial charge in [0, 0.05) is 25.0 Å². The van der Waals surface area contributed by atoms with Crippen LogP contribution >= 0.6 is 0 Å². The molecule has 6 nitrogen and oxygen atoms in total. The van der Waals surface area contributed by atoms with Gasteiger partial charge in [-0.2, -0.15) is 0 Å². The number of aryl methyl sites for hydroxylation is 1. The molecule has 0 saturated heterocycles. The topological polar surface area (TPSA) is 88.0 Å². The molecule has 0 aliphatic carbocycles. The Labute approximate surface area is 90.5 Å². The van der Waals surface area contributed by atoms with Gasteiger partial charge in [-0.15, -0.1) is 0 Å². The first kappa shape index (κ1) is 10.2. The highest BCUT2D eigenvalue weighted by Gasteiger charge is 2.17. The van der Waals surface area contributed by atoms with Crippen LogP contribution in [-0.2, 0) is 11.8 Å². The second-order valence-corrected chi connectivity index (χ2v) is 3.35. The fraction of sp³-hybridized carbons (Fsp3) is 0.100. The molecule has 0 aliphatic rings. The van der Waals surface area contributed by atoms with Crippen LogP contribution in [0.15, 0.2) is 24.7 Å². The van der Waals surface area contributed by atoms with E-state index in [4.69, 9.17) is 5.11 Å². The van der Waals surface area contributed by atoms with Crippen LogP contribution in [0.5, 0.6) is 0 Å². The van der Waals surface area contributed by atoms with Gasteiger partial charge < -0.3 is 14.7 Å². The van der Waals surface area contributed by atoms with Crippen LogP contribution in [0.1, 0.15) is 10.5 Å². The SMILES string of the molecule is Cn1ccc(-c2ncc(C(=O)C(=O)O)[nH]2)c1. The van der Waals surface area contributed by atoms with Crippen molar-refractivity contribution in [1.82, 2.24) is 14.5 Å². The van der Waals surface area contributed by atoms with E-state index in [0.717, 1.165) is 5.56 Å². The molecule has 0 radical (unpaired) electrons. The normalized spacial score (nSPS) is 10.3. The lowest BCUT2D eigenvalue weighted by Gasteiger charge is -1.91. The first-order valence-electron chi connectivity index (χ1n) is 4.53. The molecule has 2 rings (SSSR count). The number of imidazole rings is 1. The number of rotatable bonds is 3. The van der Waals surface area contributed by atoms with Gasteiger partial charge in [0.1, 0.15) is 11.5 Å². The van der Waals surface area contributed by atoms with Crippen LogP contribution in [0.4, 0.5) is 0 Å². The second-order valence-electron chi connectivity index (χ2n) is 3.35. The first-order valence-corrected chi connectivity index (χ1v) is 4.53. The Morgan fingerprint density at radius 3 is 2.81 bits per heavy atom. The van der Waals surface area contributed by atoms with Gasteiger partial charge >= 0.3 is 5.97 Å². The van der Waals surface area contributed by atoms with Crippen molar-refractivity contribution < 1.29 is 14.7 Å². The summed E-state index contributed by atoms with van der Waals surface area (Å²) in [4.78, 5) is 28.2. The van der Waals surface area contributed by atoms with Gasteiger partial charge in [-0.25, -0.2) is 9.78 Å². The van der Waals surface area contributed by atoms with Crippen LogP contribution in [0.25, 0.3) is 11.4 Å². The average molecular weight is 219 g/mol. The van der Waals surface area contributed by atoms with Crippen molar-refractivity contribution in [2.24, 2.45) is 7.05 Å². The Balaban J connectivity index is 2.33. The van der Waals surface area contributed by atoms with Crippen LogP contribution < -0.4 is 0 Å². The van der Waals surface area contributed by atoms with E-state index in [9.17, 15) is 9.59 Å². The standard InChI is InChI=1S/C10H9N3O3/c1-13-3-2-6(5-13)9-11-4-7(12-9)8(14)10(15)16/h2-5H,1H3,(H,11,12)(H,15,16). The lowest BCUT2D eigenvalue weighted by Crippen LogP contribution is -2.12. The van der Waals surface area contributed by atoms with Gasteiger partial charge in [0.15, 0.2) is 0 Å². The predicted molar refractivity (Wildman–Crippen MR) is 55.0 cm³/mol. The van der Waals surface area contributed by atoms with Crippen LogP contribution in [-0.4, -0.2) is 31.4 Å². The Kier molecular flexibility index (Phi) is 2.32. The minimum Gasteiger partial charge on any atom is -0.475 e. The Hall–Kier alpha value is -2.37. The molecule has 2 aromatic rings. The number of H-pyrrole nitrogens is 1. The van der Waals surface area contributed by atoms with E-state index in [-0.39, 0.29) is 5.69 Å². The van der Waals surface area contributed by atoms with Crippen molar-refractivity contribution >= 4 is 11.8 Å². The maximum absolute atomic E-state index is 11.1. The first-order chi connectivity index (χ1) is 7.58. The molecule has 0 fully saturated rings. The molecular weight excluding hydrogens is 210 g/mol. The molecule has 82 valence electrons. The summed E-state index contributed by atoms with van der Waals surface area (Å²) in [5.74, 6) is -2.01.